The third-order valence-electron chi connectivity index (χ3n) is 1.83. The minimum absolute atomic E-state index is 0.0842. The van der Waals surface area contributed by atoms with Crippen molar-refractivity contribution in [3.05, 3.63) is 35.4 Å². The van der Waals surface area contributed by atoms with Crippen LogP contribution in [0.3, 0.4) is 0 Å². The van der Waals surface area contributed by atoms with Crippen LogP contribution in [0, 0.1) is 0 Å². The Morgan fingerprint density at radius 2 is 1.92 bits per heavy atom. The number of benzene rings is 1. The molecule has 0 saturated carbocycles. The van der Waals surface area contributed by atoms with Crippen molar-refractivity contribution in [2.24, 2.45) is 0 Å². The third kappa shape index (κ3) is 2.11. The van der Waals surface area contributed by atoms with Gasteiger partial charge in [0.1, 0.15) is 0 Å². The maximum atomic E-state index is 11.1. The van der Waals surface area contributed by atoms with E-state index in [4.69, 9.17) is 0 Å². The minimum atomic E-state index is 0.0842. The van der Waals surface area contributed by atoms with Gasteiger partial charge in [0.05, 0.1) is 5.75 Å². The van der Waals surface area contributed by atoms with E-state index in [9.17, 15) is 4.79 Å². The predicted octanol–water partition coefficient (Wildman–Crippen LogP) is 2.36. The molecular formula is C10H12OS. The quantitative estimate of drug-likeness (QED) is 0.558. The van der Waals surface area contributed by atoms with Crippen molar-refractivity contribution in [1.29, 1.82) is 0 Å². The van der Waals surface area contributed by atoms with Gasteiger partial charge in [-0.25, -0.2) is 0 Å². The first-order valence-corrected chi connectivity index (χ1v) is 4.64. The molecule has 0 spiro atoms. The van der Waals surface area contributed by atoms with Crippen LogP contribution >= 0.6 is 12.6 Å². The van der Waals surface area contributed by atoms with Crippen LogP contribution < -0.4 is 0 Å². The number of rotatable bonds is 3. The lowest BCUT2D eigenvalue weighted by molar-refractivity contribution is 0.102. The monoisotopic (exact) mass is 180 g/mol. The van der Waals surface area contributed by atoms with Crippen LogP contribution in [0.15, 0.2) is 24.3 Å². The van der Waals surface area contributed by atoms with Crippen molar-refractivity contribution < 1.29 is 4.79 Å². The summed E-state index contributed by atoms with van der Waals surface area (Å²) in [6, 6.07) is 7.68. The molecule has 2 heteroatoms. The Morgan fingerprint density at radius 1 is 1.33 bits per heavy atom. The van der Waals surface area contributed by atoms with E-state index in [-0.39, 0.29) is 11.5 Å². The number of carbonyl (C=O) groups is 1. The third-order valence-corrected chi connectivity index (χ3v) is 2.11. The fraction of sp³-hybridized carbons (Fsp3) is 0.300. The summed E-state index contributed by atoms with van der Waals surface area (Å²) in [5.41, 5.74) is 2.01. The number of thiol groups is 1. The summed E-state index contributed by atoms with van der Waals surface area (Å²) >= 11 is 3.93. The lowest BCUT2D eigenvalue weighted by Crippen LogP contribution is -1.99. The van der Waals surface area contributed by atoms with Crippen LogP contribution in [-0.4, -0.2) is 11.5 Å². The normalized spacial score (nSPS) is 9.83. The van der Waals surface area contributed by atoms with Gasteiger partial charge < -0.3 is 0 Å². The lowest BCUT2D eigenvalue weighted by Gasteiger charge is -1.98. The zero-order valence-electron chi connectivity index (χ0n) is 7.08. The van der Waals surface area contributed by atoms with Gasteiger partial charge in [-0.15, -0.1) is 0 Å². The minimum Gasteiger partial charge on any atom is -0.293 e. The topological polar surface area (TPSA) is 17.1 Å². The van der Waals surface area contributed by atoms with Gasteiger partial charge in [-0.1, -0.05) is 31.2 Å². The summed E-state index contributed by atoms with van der Waals surface area (Å²) in [6.45, 7) is 2.09. The highest BCUT2D eigenvalue weighted by Crippen LogP contribution is 2.06. The van der Waals surface area contributed by atoms with Gasteiger partial charge in [0.15, 0.2) is 5.78 Å². The van der Waals surface area contributed by atoms with Gasteiger partial charge in [-0.05, 0) is 12.0 Å². The molecule has 12 heavy (non-hydrogen) atoms. The van der Waals surface area contributed by atoms with Crippen LogP contribution in [0.2, 0.25) is 0 Å². The molecule has 0 radical (unpaired) electrons. The van der Waals surface area contributed by atoms with Crippen LogP contribution in [0.4, 0.5) is 0 Å². The first kappa shape index (κ1) is 9.33. The SMILES string of the molecule is CCc1ccc(C(=O)CS)cc1. The van der Waals surface area contributed by atoms with Crippen molar-refractivity contribution >= 4 is 18.4 Å². The van der Waals surface area contributed by atoms with Gasteiger partial charge in [0.25, 0.3) is 0 Å². The van der Waals surface area contributed by atoms with Crippen molar-refractivity contribution in [1.82, 2.24) is 0 Å². The van der Waals surface area contributed by atoms with E-state index in [0.717, 1.165) is 12.0 Å². The Hall–Kier alpha value is -0.760. The zero-order chi connectivity index (χ0) is 8.97. The fourth-order valence-corrected chi connectivity index (χ4v) is 1.20. The maximum Gasteiger partial charge on any atom is 0.172 e. The second kappa shape index (κ2) is 4.31. The number of Topliss-reactive ketones (excluding diaryl/α,β-unsaturated/α-hetero) is 1. The summed E-state index contributed by atoms with van der Waals surface area (Å²) in [5, 5.41) is 0. The van der Waals surface area contributed by atoms with Gasteiger partial charge in [-0.2, -0.15) is 12.6 Å². The first-order valence-electron chi connectivity index (χ1n) is 4.01. The first-order chi connectivity index (χ1) is 5.77. The molecule has 0 heterocycles. The molecule has 1 aromatic rings. The Labute approximate surface area is 78.2 Å². The molecule has 0 bridgehead atoms. The summed E-state index contributed by atoms with van der Waals surface area (Å²) in [7, 11) is 0. The molecular weight excluding hydrogens is 168 g/mol. The number of carbonyl (C=O) groups excluding carboxylic acids is 1. The second-order valence-electron chi connectivity index (χ2n) is 2.63. The molecule has 64 valence electrons. The standard InChI is InChI=1S/C10H12OS/c1-2-8-3-5-9(6-4-8)10(11)7-12/h3-6,12H,2,7H2,1H3. The summed E-state index contributed by atoms with van der Waals surface area (Å²) in [6.07, 6.45) is 1.01. The molecule has 0 N–H and O–H groups in total. The molecule has 0 aliphatic carbocycles. The smallest absolute Gasteiger partial charge is 0.172 e. The van der Waals surface area contributed by atoms with Gasteiger partial charge in [-0.3, -0.25) is 4.79 Å². The molecule has 0 aromatic heterocycles. The van der Waals surface area contributed by atoms with Crippen LogP contribution in [0.5, 0.6) is 0 Å². The number of hydrogen-bond donors (Lipinski definition) is 1. The average Bonchev–Trinajstić information content (AvgIpc) is 2.17. The number of ketones is 1. The van der Waals surface area contributed by atoms with Crippen molar-refractivity contribution in [3.8, 4) is 0 Å². The van der Waals surface area contributed by atoms with Crippen LogP contribution in [0.1, 0.15) is 22.8 Å². The van der Waals surface area contributed by atoms with Gasteiger partial charge >= 0.3 is 0 Å². The van der Waals surface area contributed by atoms with Crippen molar-refractivity contribution in [2.75, 3.05) is 5.75 Å². The molecule has 0 saturated heterocycles. The summed E-state index contributed by atoms with van der Waals surface area (Å²) in [5.74, 6) is 0.367. The van der Waals surface area contributed by atoms with E-state index < -0.39 is 0 Å². The summed E-state index contributed by atoms with van der Waals surface area (Å²) < 4.78 is 0. The van der Waals surface area contributed by atoms with E-state index in [1.807, 2.05) is 24.3 Å². The maximum absolute atomic E-state index is 11.1. The van der Waals surface area contributed by atoms with E-state index in [1.54, 1.807) is 0 Å². The van der Waals surface area contributed by atoms with Crippen LogP contribution in [0.25, 0.3) is 0 Å². The molecule has 1 aromatic carbocycles. The Balaban J connectivity index is 2.84. The molecule has 0 atom stereocenters. The fourth-order valence-electron chi connectivity index (χ4n) is 1.02. The van der Waals surface area contributed by atoms with Crippen molar-refractivity contribution in [3.63, 3.8) is 0 Å². The van der Waals surface area contributed by atoms with Crippen LogP contribution in [-0.2, 0) is 6.42 Å². The molecule has 0 fully saturated rings. The highest BCUT2D eigenvalue weighted by Gasteiger charge is 2.01. The molecule has 1 nitrogen and oxygen atoms in total. The zero-order valence-corrected chi connectivity index (χ0v) is 7.97. The number of hydrogen-bond acceptors (Lipinski definition) is 2. The number of aryl methyl sites for hydroxylation is 1. The van der Waals surface area contributed by atoms with E-state index in [0.29, 0.717) is 0 Å². The molecule has 0 amide bonds. The Bertz CT molecular complexity index is 264. The largest absolute Gasteiger partial charge is 0.293 e. The van der Waals surface area contributed by atoms with E-state index >= 15 is 0 Å². The summed E-state index contributed by atoms with van der Waals surface area (Å²) in [4.78, 5) is 11.1. The molecule has 0 aliphatic heterocycles. The van der Waals surface area contributed by atoms with E-state index in [1.165, 1.54) is 5.56 Å². The highest BCUT2D eigenvalue weighted by molar-refractivity contribution is 7.81. The highest BCUT2D eigenvalue weighted by atomic mass is 32.1. The molecule has 0 unspecified atom stereocenters. The predicted molar refractivity (Wildman–Crippen MR) is 54.0 cm³/mol. The van der Waals surface area contributed by atoms with E-state index in [2.05, 4.69) is 19.6 Å². The lowest BCUT2D eigenvalue weighted by atomic mass is 10.1. The van der Waals surface area contributed by atoms with Crippen molar-refractivity contribution in [2.45, 2.75) is 13.3 Å². The Morgan fingerprint density at radius 3 is 2.33 bits per heavy atom. The average molecular weight is 180 g/mol. The van der Waals surface area contributed by atoms with Gasteiger partial charge in [0.2, 0.25) is 0 Å². The molecule has 0 aliphatic rings. The van der Waals surface area contributed by atoms with Gasteiger partial charge in [0, 0.05) is 5.56 Å². The second-order valence-corrected chi connectivity index (χ2v) is 2.95. The Kier molecular flexibility index (Phi) is 3.35. The molecule has 1 rings (SSSR count).